The molecule has 0 saturated carbocycles. The van der Waals surface area contributed by atoms with Gasteiger partial charge in [-0.1, -0.05) is 11.6 Å². The molecule has 11 heavy (non-hydrogen) atoms. The van der Waals surface area contributed by atoms with Gasteiger partial charge in [0.2, 0.25) is 0 Å². The molecular weight excluding hydrogens is 274 g/mol. The molecular formula is C7H6ClIN2. The minimum Gasteiger partial charge on any atom is -0.280 e. The summed E-state index contributed by atoms with van der Waals surface area (Å²) in [5, 5.41) is 0.659. The number of aromatic nitrogens is 1. The Bertz CT molecular complexity index is 245. The van der Waals surface area contributed by atoms with Gasteiger partial charge in [-0.3, -0.25) is 9.98 Å². The Morgan fingerprint density at radius 1 is 1.64 bits per heavy atom. The van der Waals surface area contributed by atoms with Crippen molar-refractivity contribution in [2.75, 3.05) is 0 Å². The molecule has 0 saturated heterocycles. The van der Waals surface area contributed by atoms with Crippen molar-refractivity contribution < 1.29 is 0 Å². The molecule has 1 rings (SSSR count). The van der Waals surface area contributed by atoms with Crippen LogP contribution in [0.4, 0.5) is 0 Å². The average Bonchev–Trinajstić information content (AvgIpc) is 2.04. The second-order valence-electron chi connectivity index (χ2n) is 1.91. The maximum atomic E-state index is 5.64. The highest BCUT2D eigenvalue weighted by atomic mass is 127. The van der Waals surface area contributed by atoms with Crippen molar-refractivity contribution >= 4 is 38.4 Å². The van der Waals surface area contributed by atoms with Crippen molar-refractivity contribution in [3.05, 3.63) is 29.0 Å². The van der Waals surface area contributed by atoms with Gasteiger partial charge >= 0.3 is 0 Å². The van der Waals surface area contributed by atoms with E-state index in [0.717, 1.165) is 5.69 Å². The van der Waals surface area contributed by atoms with Crippen molar-refractivity contribution in [3.63, 3.8) is 0 Å². The average molecular weight is 280 g/mol. The van der Waals surface area contributed by atoms with E-state index in [0.29, 0.717) is 11.6 Å². The fourth-order valence-corrected chi connectivity index (χ4v) is 0.937. The first-order valence-electron chi connectivity index (χ1n) is 3.02. The summed E-state index contributed by atoms with van der Waals surface area (Å²) >= 11 is 7.72. The molecule has 0 N–H and O–H groups in total. The van der Waals surface area contributed by atoms with Crippen LogP contribution in [0.15, 0.2) is 23.3 Å². The van der Waals surface area contributed by atoms with Crippen molar-refractivity contribution in [1.82, 2.24) is 4.98 Å². The summed E-state index contributed by atoms with van der Waals surface area (Å²) in [6, 6.07) is 3.68. The van der Waals surface area contributed by atoms with E-state index in [9.17, 15) is 0 Å². The Hall–Kier alpha value is -0.160. The second kappa shape index (κ2) is 4.66. The van der Waals surface area contributed by atoms with Gasteiger partial charge in [0.1, 0.15) is 0 Å². The number of nitrogens with zero attached hydrogens (tertiary/aromatic N) is 2. The first kappa shape index (κ1) is 8.93. The molecule has 2 nitrogen and oxygen atoms in total. The van der Waals surface area contributed by atoms with Crippen molar-refractivity contribution in [2.45, 2.75) is 6.54 Å². The zero-order chi connectivity index (χ0) is 8.10. The first-order chi connectivity index (χ1) is 5.33. The molecule has 1 aromatic rings. The standard InChI is InChI=1S/C7H6ClIN2/c8-6-1-2-7(11-3-6)4-10-5-9/h1-3,5H,4H2. The van der Waals surface area contributed by atoms with E-state index in [1.165, 1.54) is 0 Å². The van der Waals surface area contributed by atoms with Crippen molar-refractivity contribution in [3.8, 4) is 0 Å². The summed E-state index contributed by atoms with van der Waals surface area (Å²) in [6.07, 6.45) is 1.62. The third-order valence-corrected chi connectivity index (χ3v) is 1.73. The summed E-state index contributed by atoms with van der Waals surface area (Å²) in [5.74, 6) is 0. The molecule has 0 radical (unpaired) electrons. The molecule has 0 spiro atoms. The van der Waals surface area contributed by atoms with Crippen LogP contribution in [-0.2, 0) is 6.54 Å². The van der Waals surface area contributed by atoms with E-state index < -0.39 is 0 Å². The van der Waals surface area contributed by atoms with Crippen molar-refractivity contribution in [1.29, 1.82) is 0 Å². The SMILES string of the molecule is Clc1ccc(CN=CI)nc1. The molecule has 58 valence electrons. The van der Waals surface area contributed by atoms with Gasteiger partial charge in [0.15, 0.2) is 0 Å². The Morgan fingerprint density at radius 2 is 2.45 bits per heavy atom. The lowest BCUT2D eigenvalue weighted by Gasteiger charge is -1.93. The predicted octanol–water partition coefficient (Wildman–Crippen LogP) is 2.70. The van der Waals surface area contributed by atoms with Gasteiger partial charge in [-0.15, -0.1) is 0 Å². The number of hydrogen-bond donors (Lipinski definition) is 0. The molecule has 0 aliphatic carbocycles. The molecule has 0 atom stereocenters. The summed E-state index contributed by atoms with van der Waals surface area (Å²) in [7, 11) is 0. The van der Waals surface area contributed by atoms with Crippen LogP contribution in [0.5, 0.6) is 0 Å². The molecule has 1 heterocycles. The zero-order valence-corrected chi connectivity index (χ0v) is 8.58. The van der Waals surface area contributed by atoms with Gasteiger partial charge < -0.3 is 0 Å². The Balaban J connectivity index is 2.66. The van der Waals surface area contributed by atoms with Crippen molar-refractivity contribution in [2.24, 2.45) is 4.99 Å². The fraction of sp³-hybridized carbons (Fsp3) is 0.143. The predicted molar refractivity (Wildman–Crippen MR) is 55.5 cm³/mol. The van der Waals surface area contributed by atoms with Crippen LogP contribution in [0.3, 0.4) is 0 Å². The molecule has 1 aromatic heterocycles. The molecule has 0 aliphatic heterocycles. The first-order valence-corrected chi connectivity index (χ1v) is 4.64. The Morgan fingerprint density at radius 3 is 3.00 bits per heavy atom. The number of hydrogen-bond acceptors (Lipinski definition) is 2. The second-order valence-corrected chi connectivity index (χ2v) is 2.90. The van der Waals surface area contributed by atoms with Gasteiger partial charge in [0, 0.05) is 6.20 Å². The van der Waals surface area contributed by atoms with Crippen LogP contribution in [0.25, 0.3) is 0 Å². The highest BCUT2D eigenvalue weighted by Gasteiger charge is 1.90. The van der Waals surface area contributed by atoms with Gasteiger partial charge in [-0.2, -0.15) is 0 Å². The minimum atomic E-state index is 0.625. The van der Waals surface area contributed by atoms with E-state index in [1.807, 2.05) is 12.1 Å². The van der Waals surface area contributed by atoms with E-state index in [1.54, 1.807) is 10.4 Å². The molecule has 0 aliphatic rings. The molecule has 0 unspecified atom stereocenters. The number of pyridine rings is 1. The lowest BCUT2D eigenvalue weighted by molar-refractivity contribution is 0.999. The number of aliphatic imine (C=N–C) groups is 1. The zero-order valence-electron chi connectivity index (χ0n) is 5.67. The number of rotatable bonds is 2. The minimum absolute atomic E-state index is 0.625. The summed E-state index contributed by atoms with van der Waals surface area (Å²) in [5.41, 5.74) is 0.933. The van der Waals surface area contributed by atoms with Gasteiger partial charge in [0.05, 0.1) is 21.5 Å². The highest BCUT2D eigenvalue weighted by molar-refractivity contribution is 14.1. The van der Waals surface area contributed by atoms with E-state index in [4.69, 9.17) is 11.6 Å². The Kier molecular flexibility index (Phi) is 3.79. The lowest BCUT2D eigenvalue weighted by atomic mass is 10.3. The summed E-state index contributed by atoms with van der Waals surface area (Å²) < 4.78 is 1.73. The third-order valence-electron chi connectivity index (χ3n) is 1.11. The maximum absolute atomic E-state index is 5.64. The summed E-state index contributed by atoms with van der Waals surface area (Å²) in [6.45, 7) is 0.625. The highest BCUT2D eigenvalue weighted by Crippen LogP contribution is 2.06. The van der Waals surface area contributed by atoms with Crippen LogP contribution >= 0.6 is 34.2 Å². The van der Waals surface area contributed by atoms with Gasteiger partial charge in [-0.25, -0.2) is 0 Å². The molecule has 4 heteroatoms. The smallest absolute Gasteiger partial charge is 0.0817 e. The normalized spacial score (nSPS) is 10.7. The van der Waals surface area contributed by atoms with Crippen LogP contribution in [0.1, 0.15) is 5.69 Å². The van der Waals surface area contributed by atoms with E-state index >= 15 is 0 Å². The molecule has 0 amide bonds. The summed E-state index contributed by atoms with van der Waals surface area (Å²) in [4.78, 5) is 8.09. The molecule has 0 bridgehead atoms. The van der Waals surface area contributed by atoms with E-state index in [-0.39, 0.29) is 0 Å². The maximum Gasteiger partial charge on any atom is 0.0817 e. The Labute approximate surface area is 83.8 Å². The van der Waals surface area contributed by atoms with Gasteiger partial charge in [-0.05, 0) is 34.7 Å². The topological polar surface area (TPSA) is 25.2 Å². The number of halogens is 2. The van der Waals surface area contributed by atoms with Crippen LogP contribution in [-0.4, -0.2) is 9.21 Å². The lowest BCUT2D eigenvalue weighted by Crippen LogP contribution is -1.85. The third kappa shape index (κ3) is 3.16. The largest absolute Gasteiger partial charge is 0.280 e. The van der Waals surface area contributed by atoms with Crippen LogP contribution in [0.2, 0.25) is 5.02 Å². The van der Waals surface area contributed by atoms with Gasteiger partial charge in [0.25, 0.3) is 0 Å². The fourth-order valence-electron chi connectivity index (χ4n) is 0.628. The van der Waals surface area contributed by atoms with E-state index in [2.05, 4.69) is 32.6 Å². The van der Waals surface area contributed by atoms with Crippen LogP contribution < -0.4 is 0 Å². The molecule has 0 fully saturated rings. The van der Waals surface area contributed by atoms with Crippen LogP contribution in [0, 0.1) is 0 Å². The monoisotopic (exact) mass is 280 g/mol. The molecule has 0 aromatic carbocycles. The quantitative estimate of drug-likeness (QED) is 0.604.